The largest absolute Gasteiger partial charge is 0.436 e. The van der Waals surface area contributed by atoms with E-state index < -0.39 is 10.0 Å². The number of aromatic nitrogens is 1. The average Bonchev–Trinajstić information content (AvgIpc) is 3.14. The van der Waals surface area contributed by atoms with E-state index in [0.717, 1.165) is 36.9 Å². The van der Waals surface area contributed by atoms with E-state index in [1.807, 2.05) is 30.3 Å². The number of primary sulfonamides is 1. The van der Waals surface area contributed by atoms with Crippen LogP contribution in [0.1, 0.15) is 43.7 Å². The van der Waals surface area contributed by atoms with Gasteiger partial charge in [0.05, 0.1) is 10.6 Å². The molecule has 1 heterocycles. The molecule has 0 bridgehead atoms. The average molecular weight is 382 g/mol. The lowest BCUT2D eigenvalue weighted by molar-refractivity contribution is 0.436. The Bertz CT molecular complexity index is 1040. The van der Waals surface area contributed by atoms with Crippen LogP contribution in [-0.2, 0) is 10.0 Å². The molecule has 1 fully saturated rings. The molecular formula is C21H22N2O3S. The van der Waals surface area contributed by atoms with Crippen molar-refractivity contribution in [1.29, 1.82) is 0 Å². The van der Waals surface area contributed by atoms with Gasteiger partial charge in [-0.25, -0.2) is 18.5 Å². The summed E-state index contributed by atoms with van der Waals surface area (Å²) in [5.41, 5.74) is 2.19. The van der Waals surface area contributed by atoms with Crippen molar-refractivity contribution in [2.45, 2.75) is 42.9 Å². The number of sulfonamides is 1. The maximum absolute atomic E-state index is 12.1. The fourth-order valence-corrected chi connectivity index (χ4v) is 4.52. The zero-order chi connectivity index (χ0) is 18.9. The zero-order valence-corrected chi connectivity index (χ0v) is 15.8. The van der Waals surface area contributed by atoms with Crippen LogP contribution in [0.4, 0.5) is 0 Å². The molecule has 27 heavy (non-hydrogen) atoms. The summed E-state index contributed by atoms with van der Waals surface area (Å²) in [5.74, 6) is 1.30. The summed E-state index contributed by atoms with van der Waals surface area (Å²) in [7, 11) is -3.87. The molecule has 1 aliphatic carbocycles. The third kappa shape index (κ3) is 3.68. The van der Waals surface area contributed by atoms with Crippen LogP contribution < -0.4 is 5.14 Å². The smallest absolute Gasteiger partial charge is 0.238 e. The normalized spacial score (nSPS) is 15.7. The minimum absolute atomic E-state index is 0.0674. The van der Waals surface area contributed by atoms with E-state index in [1.54, 1.807) is 18.2 Å². The van der Waals surface area contributed by atoms with Gasteiger partial charge < -0.3 is 4.42 Å². The first-order valence-corrected chi connectivity index (χ1v) is 10.8. The second-order valence-electron chi connectivity index (χ2n) is 6.98. The van der Waals surface area contributed by atoms with Crippen LogP contribution in [0.5, 0.6) is 0 Å². The maximum Gasteiger partial charge on any atom is 0.238 e. The summed E-state index contributed by atoms with van der Waals surface area (Å²) < 4.78 is 30.4. The van der Waals surface area contributed by atoms with Gasteiger partial charge in [-0.2, -0.15) is 0 Å². The van der Waals surface area contributed by atoms with Gasteiger partial charge in [0.25, 0.3) is 0 Å². The molecule has 140 valence electrons. The number of nitrogens with two attached hydrogens (primary N) is 1. The second kappa shape index (κ2) is 7.29. The molecule has 2 N–H and O–H groups in total. The molecular weight excluding hydrogens is 360 g/mol. The van der Waals surface area contributed by atoms with Gasteiger partial charge in [0.2, 0.25) is 15.9 Å². The number of benzene rings is 2. The second-order valence-corrected chi connectivity index (χ2v) is 8.51. The first kappa shape index (κ1) is 17.9. The summed E-state index contributed by atoms with van der Waals surface area (Å²) in [5, 5.41) is 5.45. The molecule has 1 saturated carbocycles. The van der Waals surface area contributed by atoms with Crippen molar-refractivity contribution >= 4 is 10.0 Å². The molecule has 2 aromatic carbocycles. The predicted octanol–water partition coefficient (Wildman–Crippen LogP) is 4.70. The molecule has 0 spiro atoms. The minimum atomic E-state index is -3.87. The van der Waals surface area contributed by atoms with E-state index in [9.17, 15) is 8.42 Å². The number of nitrogens with zero attached hydrogens (tertiary/aromatic N) is 1. The van der Waals surface area contributed by atoms with E-state index in [1.165, 1.54) is 12.5 Å². The van der Waals surface area contributed by atoms with Gasteiger partial charge in [0.1, 0.15) is 0 Å². The summed E-state index contributed by atoms with van der Waals surface area (Å²) in [6, 6.07) is 16.4. The predicted molar refractivity (Wildman–Crippen MR) is 105 cm³/mol. The van der Waals surface area contributed by atoms with Crippen LogP contribution >= 0.6 is 0 Å². The Labute approximate surface area is 159 Å². The maximum atomic E-state index is 12.1. The Morgan fingerprint density at radius 2 is 1.59 bits per heavy atom. The van der Waals surface area contributed by atoms with Crippen LogP contribution in [0.2, 0.25) is 0 Å². The van der Waals surface area contributed by atoms with Gasteiger partial charge in [-0.1, -0.05) is 49.6 Å². The highest BCUT2D eigenvalue weighted by Crippen LogP contribution is 2.41. The Balaban J connectivity index is 1.90. The summed E-state index contributed by atoms with van der Waals surface area (Å²) in [6.07, 6.45) is 5.59. The number of hydrogen-bond acceptors (Lipinski definition) is 4. The molecule has 0 amide bonds. The van der Waals surface area contributed by atoms with Crippen LogP contribution in [0, 0.1) is 0 Å². The Kier molecular flexibility index (Phi) is 4.85. The van der Waals surface area contributed by atoms with Crippen molar-refractivity contribution in [3.63, 3.8) is 0 Å². The standard InChI is InChI=1S/C21H22N2O3S/c22-27(24,25)18-14-8-7-13-17(18)20-19(15-9-3-1-4-10-15)23-21(26-20)16-11-5-2-6-12-16/h2,5-8,11-15H,1,3-4,9-10H2,(H2,22,24,25). The van der Waals surface area contributed by atoms with Crippen LogP contribution in [-0.4, -0.2) is 13.4 Å². The molecule has 0 saturated heterocycles. The Hall–Kier alpha value is -2.44. The molecule has 0 radical (unpaired) electrons. The molecule has 4 rings (SSSR count). The summed E-state index contributed by atoms with van der Waals surface area (Å²) in [4.78, 5) is 4.87. The van der Waals surface area contributed by atoms with E-state index >= 15 is 0 Å². The van der Waals surface area contributed by atoms with Crippen molar-refractivity contribution < 1.29 is 12.8 Å². The van der Waals surface area contributed by atoms with Gasteiger partial charge >= 0.3 is 0 Å². The fourth-order valence-electron chi connectivity index (χ4n) is 3.78. The van der Waals surface area contributed by atoms with E-state index in [4.69, 9.17) is 14.5 Å². The highest BCUT2D eigenvalue weighted by atomic mass is 32.2. The quantitative estimate of drug-likeness (QED) is 0.708. The van der Waals surface area contributed by atoms with Gasteiger partial charge in [-0.3, -0.25) is 0 Å². The monoisotopic (exact) mass is 382 g/mol. The topological polar surface area (TPSA) is 86.2 Å². The first-order chi connectivity index (χ1) is 13.0. The molecule has 1 aromatic heterocycles. The lowest BCUT2D eigenvalue weighted by Gasteiger charge is -2.20. The van der Waals surface area contributed by atoms with Crippen LogP contribution in [0.25, 0.3) is 22.8 Å². The molecule has 5 nitrogen and oxygen atoms in total. The molecule has 1 aliphatic rings. The highest BCUT2D eigenvalue weighted by molar-refractivity contribution is 7.89. The minimum Gasteiger partial charge on any atom is -0.436 e. The first-order valence-electron chi connectivity index (χ1n) is 9.22. The van der Waals surface area contributed by atoms with E-state index in [-0.39, 0.29) is 10.8 Å². The Morgan fingerprint density at radius 1 is 0.926 bits per heavy atom. The van der Waals surface area contributed by atoms with Crippen molar-refractivity contribution in [2.24, 2.45) is 5.14 Å². The third-order valence-corrected chi connectivity index (χ3v) is 6.07. The number of hydrogen-bond donors (Lipinski definition) is 1. The Morgan fingerprint density at radius 3 is 2.30 bits per heavy atom. The lowest BCUT2D eigenvalue weighted by Crippen LogP contribution is -2.14. The highest BCUT2D eigenvalue weighted by Gasteiger charge is 2.28. The third-order valence-electron chi connectivity index (χ3n) is 5.10. The van der Waals surface area contributed by atoms with E-state index in [0.29, 0.717) is 17.2 Å². The van der Waals surface area contributed by atoms with Crippen molar-refractivity contribution in [2.75, 3.05) is 0 Å². The number of oxazole rings is 1. The van der Waals surface area contributed by atoms with Crippen molar-refractivity contribution in [1.82, 2.24) is 4.98 Å². The van der Waals surface area contributed by atoms with Crippen LogP contribution in [0.15, 0.2) is 63.9 Å². The van der Waals surface area contributed by atoms with E-state index in [2.05, 4.69) is 0 Å². The molecule has 3 aromatic rings. The van der Waals surface area contributed by atoms with Crippen molar-refractivity contribution in [3.05, 3.63) is 60.3 Å². The summed E-state index contributed by atoms with van der Waals surface area (Å²) >= 11 is 0. The SMILES string of the molecule is NS(=O)(=O)c1ccccc1-c1oc(-c2ccccc2)nc1C1CCCCC1. The molecule has 0 atom stereocenters. The van der Waals surface area contributed by atoms with Gasteiger partial charge in [0, 0.05) is 17.0 Å². The fraction of sp³-hybridized carbons (Fsp3) is 0.286. The van der Waals surface area contributed by atoms with Crippen LogP contribution in [0.3, 0.4) is 0 Å². The zero-order valence-electron chi connectivity index (χ0n) is 15.0. The molecule has 6 heteroatoms. The van der Waals surface area contributed by atoms with Gasteiger partial charge in [0.15, 0.2) is 5.76 Å². The molecule has 0 unspecified atom stereocenters. The van der Waals surface area contributed by atoms with Gasteiger partial charge in [-0.15, -0.1) is 0 Å². The number of rotatable bonds is 4. The molecule has 0 aliphatic heterocycles. The van der Waals surface area contributed by atoms with Crippen molar-refractivity contribution in [3.8, 4) is 22.8 Å². The van der Waals surface area contributed by atoms with Gasteiger partial charge in [-0.05, 0) is 37.1 Å². The summed E-state index contributed by atoms with van der Waals surface area (Å²) in [6.45, 7) is 0. The lowest BCUT2D eigenvalue weighted by atomic mass is 9.85.